The molecule has 25 heavy (non-hydrogen) atoms. The smallest absolute Gasteiger partial charge is 0.226 e. The number of carbonyl (C=O) groups is 2. The van der Waals surface area contributed by atoms with Gasteiger partial charge in [0, 0.05) is 24.7 Å². The highest BCUT2D eigenvalue weighted by Gasteiger charge is 2.08. The normalized spacial score (nSPS) is 10.0. The van der Waals surface area contributed by atoms with E-state index in [0.29, 0.717) is 23.6 Å². The van der Waals surface area contributed by atoms with Crippen LogP contribution < -0.4 is 20.1 Å². The summed E-state index contributed by atoms with van der Waals surface area (Å²) in [6.07, 6.45) is 0.493. The molecule has 2 aromatic carbocycles. The molecule has 2 aromatic rings. The third-order valence-corrected chi connectivity index (χ3v) is 3.55. The molecular weight excluding hydrogens is 320 g/mol. The zero-order valence-electron chi connectivity index (χ0n) is 14.4. The average molecular weight is 342 g/mol. The zero-order valence-corrected chi connectivity index (χ0v) is 14.4. The van der Waals surface area contributed by atoms with Gasteiger partial charge in [-0.1, -0.05) is 30.3 Å². The minimum absolute atomic E-state index is 0.106. The van der Waals surface area contributed by atoms with Crippen molar-refractivity contribution < 1.29 is 19.1 Å². The van der Waals surface area contributed by atoms with E-state index in [1.807, 2.05) is 30.3 Å². The lowest BCUT2D eigenvalue weighted by molar-refractivity contribution is -0.120. The van der Waals surface area contributed by atoms with Gasteiger partial charge in [0.15, 0.2) is 11.5 Å². The monoisotopic (exact) mass is 342 g/mol. The fourth-order valence-electron chi connectivity index (χ4n) is 2.30. The van der Waals surface area contributed by atoms with Crippen LogP contribution in [0.25, 0.3) is 0 Å². The molecule has 0 heterocycles. The second-order valence-electron chi connectivity index (χ2n) is 5.38. The van der Waals surface area contributed by atoms with Crippen molar-refractivity contribution in [1.29, 1.82) is 0 Å². The first-order chi connectivity index (χ1) is 12.1. The molecular formula is C19H22N2O4. The van der Waals surface area contributed by atoms with Crippen LogP contribution in [0.4, 0.5) is 5.69 Å². The largest absolute Gasteiger partial charge is 0.493 e. The van der Waals surface area contributed by atoms with Crippen LogP contribution in [0.2, 0.25) is 0 Å². The van der Waals surface area contributed by atoms with E-state index in [4.69, 9.17) is 9.47 Å². The number of hydrogen-bond donors (Lipinski definition) is 2. The van der Waals surface area contributed by atoms with Gasteiger partial charge in [-0.15, -0.1) is 0 Å². The molecule has 2 N–H and O–H groups in total. The number of nitrogens with one attached hydrogen (secondary N) is 2. The molecule has 2 amide bonds. The molecule has 6 heteroatoms. The number of anilines is 1. The van der Waals surface area contributed by atoms with Gasteiger partial charge in [-0.25, -0.2) is 0 Å². The minimum atomic E-state index is -0.188. The van der Waals surface area contributed by atoms with Crippen LogP contribution in [-0.4, -0.2) is 32.6 Å². The summed E-state index contributed by atoms with van der Waals surface area (Å²) in [5, 5.41) is 5.51. The Morgan fingerprint density at radius 3 is 2.32 bits per heavy atom. The van der Waals surface area contributed by atoms with Gasteiger partial charge in [0.05, 0.1) is 20.6 Å². The lowest BCUT2D eigenvalue weighted by atomic mass is 10.1. The molecule has 0 bridgehead atoms. The lowest BCUT2D eigenvalue weighted by Gasteiger charge is -2.11. The molecule has 0 aliphatic carbocycles. The van der Waals surface area contributed by atoms with Crippen molar-refractivity contribution in [2.24, 2.45) is 0 Å². The Kier molecular flexibility index (Phi) is 6.83. The topological polar surface area (TPSA) is 76.7 Å². The van der Waals surface area contributed by atoms with Crippen LogP contribution in [0.15, 0.2) is 48.5 Å². The number of hydrogen-bond acceptors (Lipinski definition) is 4. The second kappa shape index (κ2) is 9.32. The SMILES string of the molecule is COc1ccc(NC(=O)CCNC(=O)Cc2ccccc2)cc1OC. The third-order valence-electron chi connectivity index (χ3n) is 3.55. The molecule has 0 spiro atoms. The van der Waals surface area contributed by atoms with E-state index in [-0.39, 0.29) is 24.8 Å². The van der Waals surface area contributed by atoms with Crippen LogP contribution in [0.1, 0.15) is 12.0 Å². The fraction of sp³-hybridized carbons (Fsp3) is 0.263. The van der Waals surface area contributed by atoms with Crippen LogP contribution in [0.3, 0.4) is 0 Å². The standard InChI is InChI=1S/C19H22N2O4/c1-24-16-9-8-15(13-17(16)25-2)21-18(22)10-11-20-19(23)12-14-6-4-3-5-7-14/h3-9,13H,10-12H2,1-2H3,(H,20,23)(H,21,22). The molecule has 0 atom stereocenters. The van der Waals surface area contributed by atoms with Gasteiger partial charge in [0.1, 0.15) is 0 Å². The summed E-state index contributed by atoms with van der Waals surface area (Å²) in [5.41, 5.74) is 1.55. The van der Waals surface area contributed by atoms with Crippen molar-refractivity contribution in [2.45, 2.75) is 12.8 Å². The summed E-state index contributed by atoms with van der Waals surface area (Å²) in [6.45, 7) is 0.283. The minimum Gasteiger partial charge on any atom is -0.493 e. The Balaban J connectivity index is 1.76. The quantitative estimate of drug-likeness (QED) is 0.772. The van der Waals surface area contributed by atoms with Gasteiger partial charge in [-0.2, -0.15) is 0 Å². The van der Waals surface area contributed by atoms with E-state index in [1.165, 1.54) is 7.11 Å². The molecule has 0 radical (unpaired) electrons. The van der Waals surface area contributed by atoms with Crippen molar-refractivity contribution in [3.8, 4) is 11.5 Å². The van der Waals surface area contributed by atoms with Gasteiger partial charge < -0.3 is 20.1 Å². The highest BCUT2D eigenvalue weighted by atomic mass is 16.5. The van der Waals surface area contributed by atoms with E-state index in [1.54, 1.807) is 25.3 Å². The first kappa shape index (κ1) is 18.3. The van der Waals surface area contributed by atoms with Gasteiger partial charge in [-0.3, -0.25) is 9.59 Å². The van der Waals surface area contributed by atoms with Gasteiger partial charge >= 0.3 is 0 Å². The Bertz CT molecular complexity index is 717. The summed E-state index contributed by atoms with van der Waals surface area (Å²) >= 11 is 0. The lowest BCUT2D eigenvalue weighted by Crippen LogP contribution is -2.28. The van der Waals surface area contributed by atoms with E-state index in [0.717, 1.165) is 5.56 Å². The summed E-state index contributed by atoms with van der Waals surface area (Å²) in [5.74, 6) is 0.836. The molecule has 0 saturated carbocycles. The van der Waals surface area contributed by atoms with Crippen LogP contribution >= 0.6 is 0 Å². The fourth-order valence-corrected chi connectivity index (χ4v) is 2.30. The van der Waals surface area contributed by atoms with Crippen LogP contribution in [0.5, 0.6) is 11.5 Å². The average Bonchev–Trinajstić information content (AvgIpc) is 2.62. The first-order valence-electron chi connectivity index (χ1n) is 7.95. The Morgan fingerprint density at radius 2 is 1.64 bits per heavy atom. The Hall–Kier alpha value is -3.02. The molecule has 132 valence electrons. The van der Waals surface area contributed by atoms with E-state index in [2.05, 4.69) is 10.6 Å². The second-order valence-corrected chi connectivity index (χ2v) is 5.38. The summed E-state index contributed by atoms with van der Waals surface area (Å²) in [6, 6.07) is 14.6. The number of methoxy groups -OCH3 is 2. The highest BCUT2D eigenvalue weighted by Crippen LogP contribution is 2.29. The molecule has 0 unspecified atom stereocenters. The van der Waals surface area contributed by atoms with Crippen molar-refractivity contribution in [3.05, 3.63) is 54.1 Å². The van der Waals surface area contributed by atoms with Crippen molar-refractivity contribution >= 4 is 17.5 Å². The maximum absolute atomic E-state index is 12.0. The Morgan fingerprint density at radius 1 is 0.920 bits per heavy atom. The van der Waals surface area contributed by atoms with Crippen LogP contribution in [-0.2, 0) is 16.0 Å². The van der Waals surface area contributed by atoms with E-state index < -0.39 is 0 Å². The van der Waals surface area contributed by atoms with Crippen molar-refractivity contribution in [2.75, 3.05) is 26.1 Å². The molecule has 0 aliphatic heterocycles. The number of ether oxygens (including phenoxy) is 2. The van der Waals surface area contributed by atoms with Gasteiger partial charge in [0.25, 0.3) is 0 Å². The van der Waals surface area contributed by atoms with Gasteiger partial charge in [-0.05, 0) is 17.7 Å². The maximum atomic E-state index is 12.0. The first-order valence-corrected chi connectivity index (χ1v) is 7.95. The van der Waals surface area contributed by atoms with Crippen molar-refractivity contribution in [3.63, 3.8) is 0 Å². The molecule has 2 rings (SSSR count). The summed E-state index contributed by atoms with van der Waals surface area (Å²) in [4.78, 5) is 23.8. The third kappa shape index (κ3) is 5.84. The molecule has 0 saturated heterocycles. The predicted molar refractivity (Wildman–Crippen MR) is 95.9 cm³/mol. The summed E-state index contributed by atoms with van der Waals surface area (Å²) in [7, 11) is 3.08. The molecule has 6 nitrogen and oxygen atoms in total. The van der Waals surface area contributed by atoms with E-state index >= 15 is 0 Å². The predicted octanol–water partition coefficient (Wildman–Crippen LogP) is 2.39. The van der Waals surface area contributed by atoms with Crippen LogP contribution in [0, 0.1) is 0 Å². The maximum Gasteiger partial charge on any atom is 0.226 e. The number of rotatable bonds is 8. The highest BCUT2D eigenvalue weighted by molar-refractivity contribution is 5.91. The molecule has 0 aromatic heterocycles. The Labute approximate surface area is 147 Å². The number of benzene rings is 2. The summed E-state index contributed by atoms with van der Waals surface area (Å²) < 4.78 is 10.3. The molecule has 0 aliphatic rings. The molecule has 0 fully saturated rings. The van der Waals surface area contributed by atoms with Crippen molar-refractivity contribution in [1.82, 2.24) is 5.32 Å². The number of amides is 2. The van der Waals surface area contributed by atoms with Gasteiger partial charge in [0.2, 0.25) is 11.8 Å². The zero-order chi connectivity index (χ0) is 18.1. The van der Waals surface area contributed by atoms with E-state index in [9.17, 15) is 9.59 Å². The number of carbonyl (C=O) groups excluding carboxylic acids is 2.